The topological polar surface area (TPSA) is 40.6 Å². The Balaban J connectivity index is 2.15. The highest BCUT2D eigenvalue weighted by atomic mass is 16.2. The molecule has 0 radical (unpaired) electrons. The molecule has 0 aliphatic heterocycles. The van der Waals surface area contributed by atoms with Crippen LogP contribution in [0.4, 0.5) is 11.4 Å². The summed E-state index contributed by atoms with van der Waals surface area (Å²) in [7, 11) is 0. The molecule has 0 aliphatic rings. The van der Waals surface area contributed by atoms with Crippen LogP contribution in [-0.4, -0.2) is 24.9 Å². The fourth-order valence-corrected chi connectivity index (χ4v) is 3.22. The van der Waals surface area contributed by atoms with Gasteiger partial charge in [-0.05, 0) is 68.7 Å². The molecule has 26 heavy (non-hydrogen) atoms. The Hall–Kier alpha value is -2.62. The number of carbonyl (C=O) groups excluding carboxylic acids is 2. The summed E-state index contributed by atoms with van der Waals surface area (Å²) in [6, 6.07) is 14.0. The average molecular weight is 352 g/mol. The lowest BCUT2D eigenvalue weighted by molar-refractivity contribution is -0.118. The summed E-state index contributed by atoms with van der Waals surface area (Å²) in [4.78, 5) is 28.4. The zero-order chi connectivity index (χ0) is 19.3. The van der Waals surface area contributed by atoms with Crippen molar-refractivity contribution in [3.05, 3.63) is 59.2 Å². The van der Waals surface area contributed by atoms with E-state index in [1.54, 1.807) is 16.7 Å². The van der Waals surface area contributed by atoms with E-state index in [0.717, 1.165) is 28.1 Å². The fourth-order valence-electron chi connectivity index (χ4n) is 3.22. The summed E-state index contributed by atoms with van der Waals surface area (Å²) in [5, 5.41) is 0. The fraction of sp³-hybridized carbons (Fsp3) is 0.364. The molecular weight excluding hydrogens is 324 g/mol. The van der Waals surface area contributed by atoms with Crippen molar-refractivity contribution in [1.29, 1.82) is 0 Å². The Bertz CT molecular complexity index is 778. The lowest BCUT2D eigenvalue weighted by Crippen LogP contribution is -2.36. The number of rotatable bonds is 6. The Morgan fingerprint density at radius 2 is 1.46 bits per heavy atom. The third kappa shape index (κ3) is 4.94. The Labute approximate surface area is 156 Å². The summed E-state index contributed by atoms with van der Waals surface area (Å²) in [6.45, 7) is 10.5. The lowest BCUT2D eigenvalue weighted by atomic mass is 10.1. The molecule has 0 saturated carbocycles. The average Bonchev–Trinajstić information content (AvgIpc) is 2.54. The van der Waals surface area contributed by atoms with E-state index in [4.69, 9.17) is 0 Å². The summed E-state index contributed by atoms with van der Waals surface area (Å²) in [6.07, 6.45) is 0.286. The van der Waals surface area contributed by atoms with Crippen LogP contribution in [-0.2, 0) is 9.59 Å². The van der Waals surface area contributed by atoms with Crippen molar-refractivity contribution in [2.45, 2.75) is 41.0 Å². The van der Waals surface area contributed by atoms with Crippen LogP contribution >= 0.6 is 0 Å². The normalized spacial score (nSPS) is 10.5. The standard InChI is InChI=1S/C22H28N2O2/c1-6-23(20-9-7-8-16(2)13-20)22(26)10-11-24(19(5)25)21-14-17(3)12-18(4)15-21/h7-9,12-15H,6,10-11H2,1-5H3. The first-order valence-corrected chi connectivity index (χ1v) is 9.05. The molecule has 0 heterocycles. The molecule has 0 aliphatic carbocycles. The maximum Gasteiger partial charge on any atom is 0.228 e. The Morgan fingerprint density at radius 1 is 0.846 bits per heavy atom. The monoisotopic (exact) mass is 352 g/mol. The smallest absolute Gasteiger partial charge is 0.228 e. The van der Waals surface area contributed by atoms with Crippen molar-refractivity contribution in [3.63, 3.8) is 0 Å². The van der Waals surface area contributed by atoms with Crippen molar-refractivity contribution >= 4 is 23.2 Å². The molecule has 2 amide bonds. The molecule has 0 unspecified atom stereocenters. The van der Waals surface area contributed by atoms with Crippen LogP contribution in [0.2, 0.25) is 0 Å². The second-order valence-corrected chi connectivity index (χ2v) is 6.74. The van der Waals surface area contributed by atoms with Gasteiger partial charge in [-0.3, -0.25) is 9.59 Å². The van der Waals surface area contributed by atoms with Crippen LogP contribution in [0.15, 0.2) is 42.5 Å². The van der Waals surface area contributed by atoms with Crippen molar-refractivity contribution in [1.82, 2.24) is 0 Å². The van der Waals surface area contributed by atoms with Crippen LogP contribution in [0.25, 0.3) is 0 Å². The van der Waals surface area contributed by atoms with E-state index >= 15 is 0 Å². The first kappa shape index (κ1) is 19.7. The largest absolute Gasteiger partial charge is 0.313 e. The van der Waals surface area contributed by atoms with Crippen LogP contribution in [0.5, 0.6) is 0 Å². The van der Waals surface area contributed by atoms with Gasteiger partial charge in [0.2, 0.25) is 11.8 Å². The van der Waals surface area contributed by atoms with Gasteiger partial charge in [0, 0.05) is 37.8 Å². The zero-order valence-corrected chi connectivity index (χ0v) is 16.4. The summed E-state index contributed by atoms with van der Waals surface area (Å²) >= 11 is 0. The van der Waals surface area contributed by atoms with Gasteiger partial charge in [0.1, 0.15) is 0 Å². The van der Waals surface area contributed by atoms with Gasteiger partial charge in [0.15, 0.2) is 0 Å². The molecule has 4 nitrogen and oxygen atoms in total. The maximum absolute atomic E-state index is 12.8. The predicted molar refractivity (Wildman–Crippen MR) is 108 cm³/mol. The number of anilines is 2. The molecule has 0 atom stereocenters. The molecule has 0 spiro atoms. The van der Waals surface area contributed by atoms with E-state index in [0.29, 0.717) is 13.1 Å². The number of aryl methyl sites for hydroxylation is 3. The molecule has 2 rings (SSSR count). The summed E-state index contributed by atoms with van der Waals surface area (Å²) < 4.78 is 0. The second-order valence-electron chi connectivity index (χ2n) is 6.74. The third-order valence-corrected chi connectivity index (χ3v) is 4.38. The van der Waals surface area contributed by atoms with E-state index in [-0.39, 0.29) is 18.2 Å². The first-order valence-electron chi connectivity index (χ1n) is 9.05. The second kappa shape index (κ2) is 8.65. The molecule has 0 saturated heterocycles. The quantitative estimate of drug-likeness (QED) is 0.773. The van der Waals surface area contributed by atoms with Crippen molar-refractivity contribution in [2.24, 2.45) is 0 Å². The van der Waals surface area contributed by atoms with E-state index in [2.05, 4.69) is 6.07 Å². The molecule has 0 bridgehead atoms. The molecule has 0 N–H and O–H groups in total. The number of amides is 2. The van der Waals surface area contributed by atoms with Gasteiger partial charge in [0.05, 0.1) is 0 Å². The SMILES string of the molecule is CCN(C(=O)CCN(C(C)=O)c1cc(C)cc(C)c1)c1cccc(C)c1. The van der Waals surface area contributed by atoms with Crippen molar-refractivity contribution < 1.29 is 9.59 Å². The lowest BCUT2D eigenvalue weighted by Gasteiger charge is -2.25. The highest BCUT2D eigenvalue weighted by molar-refractivity contribution is 5.96. The number of hydrogen-bond donors (Lipinski definition) is 0. The number of nitrogens with zero attached hydrogens (tertiary/aromatic N) is 2. The Morgan fingerprint density at radius 3 is 2.00 bits per heavy atom. The molecule has 138 valence electrons. The maximum atomic E-state index is 12.8. The van der Waals surface area contributed by atoms with Crippen LogP contribution in [0.1, 0.15) is 37.0 Å². The van der Waals surface area contributed by atoms with Gasteiger partial charge in [-0.2, -0.15) is 0 Å². The third-order valence-electron chi connectivity index (χ3n) is 4.38. The van der Waals surface area contributed by atoms with Gasteiger partial charge in [-0.1, -0.05) is 18.2 Å². The van der Waals surface area contributed by atoms with E-state index in [9.17, 15) is 9.59 Å². The van der Waals surface area contributed by atoms with Gasteiger partial charge < -0.3 is 9.80 Å². The van der Waals surface area contributed by atoms with Gasteiger partial charge >= 0.3 is 0 Å². The first-order chi connectivity index (χ1) is 12.3. The number of carbonyl (C=O) groups is 2. The molecule has 4 heteroatoms. The van der Waals surface area contributed by atoms with Gasteiger partial charge in [0.25, 0.3) is 0 Å². The van der Waals surface area contributed by atoms with Gasteiger partial charge in [-0.15, -0.1) is 0 Å². The molecule has 2 aromatic rings. The van der Waals surface area contributed by atoms with E-state index < -0.39 is 0 Å². The summed E-state index contributed by atoms with van der Waals surface area (Å²) in [5.74, 6) is -0.0323. The molecule has 0 aromatic heterocycles. The molecule has 0 fully saturated rings. The minimum atomic E-state index is -0.0543. The zero-order valence-electron chi connectivity index (χ0n) is 16.4. The van der Waals surface area contributed by atoms with Gasteiger partial charge in [-0.25, -0.2) is 0 Å². The van der Waals surface area contributed by atoms with Crippen molar-refractivity contribution in [3.8, 4) is 0 Å². The number of hydrogen-bond acceptors (Lipinski definition) is 2. The summed E-state index contributed by atoms with van der Waals surface area (Å²) in [5.41, 5.74) is 5.08. The van der Waals surface area contributed by atoms with Crippen molar-refractivity contribution in [2.75, 3.05) is 22.9 Å². The molecule has 2 aromatic carbocycles. The van der Waals surface area contributed by atoms with E-state index in [1.165, 1.54) is 0 Å². The van der Waals surface area contributed by atoms with E-state index in [1.807, 2.05) is 64.1 Å². The van der Waals surface area contributed by atoms with Crippen LogP contribution in [0, 0.1) is 20.8 Å². The number of benzene rings is 2. The minimum absolute atomic E-state index is 0.0220. The Kier molecular flexibility index (Phi) is 6.56. The molecular formula is C22H28N2O2. The van der Waals surface area contributed by atoms with Crippen LogP contribution < -0.4 is 9.80 Å². The highest BCUT2D eigenvalue weighted by Crippen LogP contribution is 2.21. The predicted octanol–water partition coefficient (Wildman–Crippen LogP) is 4.41. The van der Waals surface area contributed by atoms with Crippen LogP contribution in [0.3, 0.4) is 0 Å². The highest BCUT2D eigenvalue weighted by Gasteiger charge is 2.18. The minimum Gasteiger partial charge on any atom is -0.313 e.